The number of aromatic nitrogens is 2. The zero-order chi connectivity index (χ0) is 20.4. The van der Waals surface area contributed by atoms with E-state index < -0.39 is 11.7 Å². The molecule has 0 aliphatic carbocycles. The summed E-state index contributed by atoms with van der Waals surface area (Å²) in [6.07, 6.45) is -0.700. The summed E-state index contributed by atoms with van der Waals surface area (Å²) >= 11 is 0. The van der Waals surface area contributed by atoms with E-state index in [-0.39, 0.29) is 12.5 Å². The highest BCUT2D eigenvalue weighted by Gasteiger charge is 2.30. The lowest BCUT2D eigenvalue weighted by Gasteiger charge is -2.11. The van der Waals surface area contributed by atoms with Crippen molar-refractivity contribution in [3.63, 3.8) is 0 Å². The molecule has 1 amide bonds. The Bertz CT molecular complexity index is 1130. The molecule has 0 bridgehead atoms. The van der Waals surface area contributed by atoms with Gasteiger partial charge in [0, 0.05) is 18.0 Å². The van der Waals surface area contributed by atoms with Crippen molar-refractivity contribution in [2.75, 3.05) is 0 Å². The van der Waals surface area contributed by atoms with Crippen molar-refractivity contribution in [1.29, 1.82) is 0 Å². The molecule has 0 saturated carbocycles. The van der Waals surface area contributed by atoms with Crippen LogP contribution in [0.15, 0.2) is 79.1 Å². The molecule has 4 nitrogen and oxygen atoms in total. The van der Waals surface area contributed by atoms with E-state index in [4.69, 9.17) is 0 Å². The number of amides is 1. The number of halogens is 3. The molecule has 0 atom stereocenters. The fourth-order valence-electron chi connectivity index (χ4n) is 3.11. The molecule has 0 saturated heterocycles. The SMILES string of the molecule is O=C(NCc1cn2ccccc2n1)c1ccccc1-c1ccc(C(F)(F)F)cc1. The summed E-state index contributed by atoms with van der Waals surface area (Å²) in [6, 6.07) is 17.2. The van der Waals surface area contributed by atoms with E-state index in [1.165, 1.54) is 12.1 Å². The quantitative estimate of drug-likeness (QED) is 0.532. The molecule has 0 aliphatic heterocycles. The Morgan fingerprint density at radius 3 is 2.41 bits per heavy atom. The number of pyridine rings is 1. The number of nitrogens with one attached hydrogen (secondary N) is 1. The van der Waals surface area contributed by atoms with Gasteiger partial charge in [-0.2, -0.15) is 13.2 Å². The number of fused-ring (bicyclic) bond motifs is 1. The normalized spacial score (nSPS) is 11.6. The monoisotopic (exact) mass is 395 g/mol. The van der Waals surface area contributed by atoms with Gasteiger partial charge in [-0.1, -0.05) is 36.4 Å². The van der Waals surface area contributed by atoms with Crippen molar-refractivity contribution in [3.8, 4) is 11.1 Å². The van der Waals surface area contributed by atoms with E-state index in [1.807, 2.05) is 35.0 Å². The Labute approximate surface area is 164 Å². The van der Waals surface area contributed by atoms with Gasteiger partial charge in [0.2, 0.25) is 0 Å². The zero-order valence-corrected chi connectivity index (χ0v) is 15.1. The predicted octanol–water partition coefficient (Wildman–Crippen LogP) is 4.95. The number of hydrogen-bond donors (Lipinski definition) is 1. The molecule has 0 fully saturated rings. The number of rotatable bonds is 4. The van der Waals surface area contributed by atoms with Crippen LogP contribution < -0.4 is 5.32 Å². The minimum absolute atomic E-state index is 0.238. The van der Waals surface area contributed by atoms with Gasteiger partial charge in [0.15, 0.2) is 0 Å². The molecule has 0 radical (unpaired) electrons. The van der Waals surface area contributed by atoms with E-state index in [9.17, 15) is 18.0 Å². The predicted molar refractivity (Wildman–Crippen MR) is 103 cm³/mol. The first-order valence-electron chi connectivity index (χ1n) is 8.89. The molecular weight excluding hydrogens is 379 g/mol. The second kappa shape index (κ2) is 7.43. The molecule has 0 spiro atoms. The van der Waals surface area contributed by atoms with Crippen molar-refractivity contribution in [2.24, 2.45) is 0 Å². The Morgan fingerprint density at radius 2 is 1.69 bits per heavy atom. The largest absolute Gasteiger partial charge is 0.416 e. The molecule has 0 unspecified atom stereocenters. The third kappa shape index (κ3) is 3.99. The van der Waals surface area contributed by atoms with Crippen molar-refractivity contribution >= 4 is 11.6 Å². The zero-order valence-electron chi connectivity index (χ0n) is 15.1. The van der Waals surface area contributed by atoms with E-state index in [2.05, 4.69) is 10.3 Å². The number of hydrogen-bond acceptors (Lipinski definition) is 2. The summed E-state index contributed by atoms with van der Waals surface area (Å²) in [7, 11) is 0. The Hall–Kier alpha value is -3.61. The van der Waals surface area contributed by atoms with E-state index in [0.717, 1.165) is 17.8 Å². The molecule has 0 aliphatic rings. The van der Waals surface area contributed by atoms with Crippen LogP contribution in [0.2, 0.25) is 0 Å². The topological polar surface area (TPSA) is 46.4 Å². The lowest BCUT2D eigenvalue weighted by Crippen LogP contribution is -2.23. The van der Waals surface area contributed by atoms with Gasteiger partial charge in [-0.3, -0.25) is 4.79 Å². The molecule has 2 aromatic heterocycles. The lowest BCUT2D eigenvalue weighted by molar-refractivity contribution is -0.137. The number of benzene rings is 2. The second-order valence-corrected chi connectivity index (χ2v) is 6.50. The molecule has 4 aromatic rings. The Morgan fingerprint density at radius 1 is 0.966 bits per heavy atom. The van der Waals surface area contributed by atoms with Crippen LogP contribution in [-0.4, -0.2) is 15.3 Å². The highest BCUT2D eigenvalue weighted by molar-refractivity contribution is 6.00. The third-order valence-electron chi connectivity index (χ3n) is 4.54. The van der Waals surface area contributed by atoms with Crippen LogP contribution in [0.1, 0.15) is 21.6 Å². The minimum Gasteiger partial charge on any atom is -0.346 e. The van der Waals surface area contributed by atoms with E-state index in [0.29, 0.717) is 22.4 Å². The number of carbonyl (C=O) groups excluding carboxylic acids is 1. The highest BCUT2D eigenvalue weighted by Crippen LogP contribution is 2.31. The van der Waals surface area contributed by atoms with Crippen molar-refractivity contribution in [3.05, 3.63) is 95.9 Å². The molecular formula is C22H16F3N3O. The Balaban J connectivity index is 1.55. The highest BCUT2D eigenvalue weighted by atomic mass is 19.4. The molecule has 2 aromatic carbocycles. The van der Waals surface area contributed by atoms with Crippen LogP contribution in [0.25, 0.3) is 16.8 Å². The average Bonchev–Trinajstić information content (AvgIpc) is 3.14. The first-order chi connectivity index (χ1) is 13.9. The smallest absolute Gasteiger partial charge is 0.346 e. The molecule has 4 rings (SSSR count). The van der Waals surface area contributed by atoms with Crippen LogP contribution in [0.3, 0.4) is 0 Å². The van der Waals surface area contributed by atoms with Gasteiger partial charge in [-0.25, -0.2) is 4.98 Å². The summed E-state index contributed by atoms with van der Waals surface area (Å²) in [5.41, 5.74) is 2.25. The van der Waals surface area contributed by atoms with Crippen molar-refractivity contribution < 1.29 is 18.0 Å². The fourth-order valence-corrected chi connectivity index (χ4v) is 3.11. The van der Waals surface area contributed by atoms with Gasteiger partial charge >= 0.3 is 6.18 Å². The molecule has 2 heterocycles. The van der Waals surface area contributed by atoms with Crippen LogP contribution in [0, 0.1) is 0 Å². The van der Waals surface area contributed by atoms with Gasteiger partial charge in [0.05, 0.1) is 17.8 Å². The molecule has 1 N–H and O–H groups in total. The van der Waals surface area contributed by atoms with Crippen LogP contribution in [0.5, 0.6) is 0 Å². The number of nitrogens with zero attached hydrogens (tertiary/aromatic N) is 2. The molecule has 146 valence electrons. The van der Waals surface area contributed by atoms with E-state index >= 15 is 0 Å². The van der Waals surface area contributed by atoms with Gasteiger partial charge in [-0.05, 0) is 41.5 Å². The minimum atomic E-state index is -4.40. The summed E-state index contributed by atoms with van der Waals surface area (Å²) in [5.74, 6) is -0.322. The molecule has 7 heteroatoms. The van der Waals surface area contributed by atoms with Crippen molar-refractivity contribution in [2.45, 2.75) is 12.7 Å². The van der Waals surface area contributed by atoms with Crippen LogP contribution >= 0.6 is 0 Å². The van der Waals surface area contributed by atoms with Gasteiger partial charge < -0.3 is 9.72 Å². The Kier molecular flexibility index (Phi) is 4.80. The van der Waals surface area contributed by atoms with E-state index in [1.54, 1.807) is 24.3 Å². The first-order valence-corrected chi connectivity index (χ1v) is 8.89. The summed E-state index contributed by atoms with van der Waals surface area (Å²) < 4.78 is 40.2. The maximum Gasteiger partial charge on any atom is 0.416 e. The number of alkyl halides is 3. The summed E-state index contributed by atoms with van der Waals surface area (Å²) in [4.78, 5) is 17.2. The van der Waals surface area contributed by atoms with Crippen LogP contribution in [0.4, 0.5) is 13.2 Å². The second-order valence-electron chi connectivity index (χ2n) is 6.50. The summed E-state index contributed by atoms with van der Waals surface area (Å²) in [6.45, 7) is 0.238. The van der Waals surface area contributed by atoms with Gasteiger partial charge in [0.25, 0.3) is 5.91 Å². The fraction of sp³-hybridized carbons (Fsp3) is 0.0909. The maximum absolute atomic E-state index is 12.8. The van der Waals surface area contributed by atoms with Crippen LogP contribution in [-0.2, 0) is 12.7 Å². The summed E-state index contributed by atoms with van der Waals surface area (Å²) in [5, 5.41) is 2.83. The average molecular weight is 395 g/mol. The number of imidazole rings is 1. The number of carbonyl (C=O) groups is 1. The maximum atomic E-state index is 12.8. The van der Waals surface area contributed by atoms with Gasteiger partial charge in [0.1, 0.15) is 5.65 Å². The van der Waals surface area contributed by atoms with Gasteiger partial charge in [-0.15, -0.1) is 0 Å². The molecule has 29 heavy (non-hydrogen) atoms. The third-order valence-corrected chi connectivity index (χ3v) is 4.54. The lowest BCUT2D eigenvalue weighted by atomic mass is 9.98. The van der Waals surface area contributed by atoms with Crippen molar-refractivity contribution in [1.82, 2.24) is 14.7 Å². The first kappa shape index (κ1) is 18.7. The standard InChI is InChI=1S/C22H16F3N3O/c23-22(24,25)16-10-8-15(9-11-16)18-5-1-2-6-19(18)21(29)26-13-17-14-28-12-4-3-7-20(28)27-17/h1-12,14H,13H2,(H,26,29).